The number of benzene rings is 1. The van der Waals surface area contributed by atoms with E-state index in [1.54, 1.807) is 6.07 Å². The Balaban J connectivity index is 2.55. The summed E-state index contributed by atoms with van der Waals surface area (Å²) in [6.07, 6.45) is 2.28. The van der Waals surface area contributed by atoms with Crippen LogP contribution in [0.15, 0.2) is 29.3 Å². The number of hydrogen-bond donors (Lipinski definition) is 0. The average Bonchev–Trinajstić information content (AvgIpc) is 2.49. The molecule has 1 aromatic carbocycles. The van der Waals surface area contributed by atoms with E-state index in [0.29, 0.717) is 16.7 Å². The molecule has 0 saturated carbocycles. The number of nitrogens with zero attached hydrogens (tertiary/aromatic N) is 4. The van der Waals surface area contributed by atoms with Gasteiger partial charge >= 0.3 is 5.69 Å². The smallest absolute Gasteiger partial charge is 0.341 e. The van der Waals surface area contributed by atoms with E-state index in [0.717, 1.165) is 25.1 Å². The zero-order valence-corrected chi connectivity index (χ0v) is 13.3. The largest absolute Gasteiger partial charge is 0.356 e. The van der Waals surface area contributed by atoms with Crippen LogP contribution in [0.3, 0.4) is 0 Å². The maximum absolute atomic E-state index is 12.3. The van der Waals surface area contributed by atoms with Crippen LogP contribution in [0.5, 0.6) is 0 Å². The minimum atomic E-state index is -0.366. The Hall–Kier alpha value is -1.88. The van der Waals surface area contributed by atoms with Crippen LogP contribution in [0.25, 0.3) is 5.69 Å². The fraction of sp³-hybridized carbons (Fsp3) is 0.400. The molecule has 112 valence electrons. The van der Waals surface area contributed by atoms with Crippen LogP contribution in [0.4, 0.5) is 5.95 Å². The fourth-order valence-corrected chi connectivity index (χ4v) is 2.54. The lowest BCUT2D eigenvalue weighted by Crippen LogP contribution is -2.30. The molecule has 21 heavy (non-hydrogen) atoms. The van der Waals surface area contributed by atoms with Crippen molar-refractivity contribution >= 4 is 17.5 Å². The number of para-hydroxylation sites is 1. The summed E-state index contributed by atoms with van der Waals surface area (Å²) >= 11 is 6.25. The van der Waals surface area contributed by atoms with E-state index in [9.17, 15) is 4.79 Å². The van der Waals surface area contributed by atoms with Gasteiger partial charge in [-0.2, -0.15) is 4.98 Å². The third-order valence-electron chi connectivity index (χ3n) is 3.43. The van der Waals surface area contributed by atoms with E-state index in [-0.39, 0.29) is 5.69 Å². The number of anilines is 1. The Labute approximate surface area is 129 Å². The summed E-state index contributed by atoms with van der Waals surface area (Å²) in [4.78, 5) is 22.6. The number of aryl methyl sites for hydroxylation is 1. The van der Waals surface area contributed by atoms with Crippen LogP contribution in [0, 0.1) is 0 Å². The molecule has 6 heteroatoms. The van der Waals surface area contributed by atoms with Gasteiger partial charge in [0.1, 0.15) is 6.33 Å². The van der Waals surface area contributed by atoms with Crippen molar-refractivity contribution in [2.24, 2.45) is 0 Å². The Morgan fingerprint density at radius 2 is 1.95 bits per heavy atom. The van der Waals surface area contributed by atoms with Crippen molar-refractivity contribution in [3.8, 4) is 5.69 Å². The molecule has 2 rings (SSSR count). The highest BCUT2D eigenvalue weighted by Crippen LogP contribution is 2.23. The van der Waals surface area contributed by atoms with E-state index >= 15 is 0 Å². The monoisotopic (exact) mass is 306 g/mol. The van der Waals surface area contributed by atoms with Crippen molar-refractivity contribution in [2.75, 3.05) is 18.0 Å². The topological polar surface area (TPSA) is 51.0 Å². The molecule has 0 bridgehead atoms. The minimum Gasteiger partial charge on any atom is -0.341 e. The Morgan fingerprint density at radius 3 is 2.52 bits per heavy atom. The second kappa shape index (κ2) is 6.72. The molecule has 5 nitrogen and oxygen atoms in total. The lowest BCUT2D eigenvalue weighted by molar-refractivity contribution is 0.772. The summed E-state index contributed by atoms with van der Waals surface area (Å²) in [6.45, 7) is 7.53. The van der Waals surface area contributed by atoms with Gasteiger partial charge in [0, 0.05) is 13.1 Å². The third kappa shape index (κ3) is 3.08. The highest BCUT2D eigenvalue weighted by Gasteiger charge is 2.13. The molecule has 0 aliphatic heterocycles. The molecule has 0 N–H and O–H groups in total. The van der Waals surface area contributed by atoms with E-state index in [2.05, 4.69) is 9.97 Å². The molecule has 0 unspecified atom stereocenters. The van der Waals surface area contributed by atoms with Crippen molar-refractivity contribution in [2.45, 2.75) is 27.2 Å². The Morgan fingerprint density at radius 1 is 1.24 bits per heavy atom. The molecule has 0 aliphatic rings. The Kier molecular flexibility index (Phi) is 4.96. The van der Waals surface area contributed by atoms with Gasteiger partial charge in [0.05, 0.1) is 10.7 Å². The van der Waals surface area contributed by atoms with E-state index in [4.69, 9.17) is 11.6 Å². The van der Waals surface area contributed by atoms with Crippen molar-refractivity contribution in [3.63, 3.8) is 0 Å². The zero-order valence-electron chi connectivity index (χ0n) is 12.5. The molecule has 0 saturated heterocycles. The SMILES string of the molecule is CCc1cccc(Cl)c1-n1cnc(N(CC)CC)nc1=O. The summed E-state index contributed by atoms with van der Waals surface area (Å²) in [5.74, 6) is 0.450. The van der Waals surface area contributed by atoms with Gasteiger partial charge in [0.2, 0.25) is 5.95 Å². The van der Waals surface area contributed by atoms with Crippen LogP contribution in [0.2, 0.25) is 5.02 Å². The van der Waals surface area contributed by atoms with Gasteiger partial charge in [-0.05, 0) is 31.9 Å². The number of halogens is 1. The molecule has 2 aromatic rings. The van der Waals surface area contributed by atoms with Gasteiger partial charge in [0.15, 0.2) is 0 Å². The first-order chi connectivity index (χ1) is 10.1. The van der Waals surface area contributed by atoms with E-state index < -0.39 is 0 Å². The van der Waals surface area contributed by atoms with Gasteiger partial charge in [-0.1, -0.05) is 30.7 Å². The lowest BCUT2D eigenvalue weighted by atomic mass is 10.1. The van der Waals surface area contributed by atoms with Gasteiger partial charge < -0.3 is 4.90 Å². The highest BCUT2D eigenvalue weighted by atomic mass is 35.5. The first-order valence-corrected chi connectivity index (χ1v) is 7.48. The summed E-state index contributed by atoms with van der Waals surface area (Å²) in [7, 11) is 0. The van der Waals surface area contributed by atoms with Crippen LogP contribution < -0.4 is 10.6 Å². The van der Waals surface area contributed by atoms with Crippen molar-refractivity contribution in [1.82, 2.24) is 14.5 Å². The molecular weight excluding hydrogens is 288 g/mol. The molecule has 0 spiro atoms. The molecule has 0 aliphatic carbocycles. The molecule has 0 radical (unpaired) electrons. The second-order valence-corrected chi connectivity index (χ2v) is 4.99. The van der Waals surface area contributed by atoms with Gasteiger partial charge in [-0.15, -0.1) is 0 Å². The van der Waals surface area contributed by atoms with Gasteiger partial charge in [0.25, 0.3) is 0 Å². The molecule has 1 aromatic heterocycles. The van der Waals surface area contributed by atoms with Crippen LogP contribution in [0.1, 0.15) is 26.3 Å². The highest BCUT2D eigenvalue weighted by molar-refractivity contribution is 6.32. The third-order valence-corrected chi connectivity index (χ3v) is 3.73. The van der Waals surface area contributed by atoms with Crippen LogP contribution >= 0.6 is 11.6 Å². The lowest BCUT2D eigenvalue weighted by Gasteiger charge is -2.18. The van der Waals surface area contributed by atoms with Crippen molar-refractivity contribution in [1.29, 1.82) is 0 Å². The Bertz CT molecular complexity index is 680. The first-order valence-electron chi connectivity index (χ1n) is 7.10. The number of hydrogen-bond acceptors (Lipinski definition) is 4. The summed E-state index contributed by atoms with van der Waals surface area (Å²) < 4.78 is 1.41. The average molecular weight is 307 g/mol. The molecule has 1 heterocycles. The van der Waals surface area contributed by atoms with Crippen molar-refractivity contribution < 1.29 is 0 Å². The summed E-state index contributed by atoms with van der Waals surface area (Å²) in [6, 6.07) is 5.59. The maximum Gasteiger partial charge on any atom is 0.356 e. The minimum absolute atomic E-state index is 0.366. The predicted octanol–water partition coefficient (Wildman–Crippen LogP) is 2.69. The summed E-state index contributed by atoms with van der Waals surface area (Å²) in [5, 5.41) is 0.524. The second-order valence-electron chi connectivity index (χ2n) is 4.58. The van der Waals surface area contributed by atoms with E-state index in [1.165, 1.54) is 10.9 Å². The molecule has 0 atom stereocenters. The number of aromatic nitrogens is 3. The van der Waals surface area contributed by atoms with Gasteiger partial charge in [-0.3, -0.25) is 0 Å². The fourth-order valence-electron chi connectivity index (χ4n) is 2.25. The quantitative estimate of drug-likeness (QED) is 0.852. The standard InChI is InChI=1S/C15H19ClN4O/c1-4-11-8-7-9-12(16)13(11)20-10-17-14(18-15(20)21)19(5-2)6-3/h7-10H,4-6H2,1-3H3. The normalized spacial score (nSPS) is 10.7. The first kappa shape index (κ1) is 15.5. The molecular formula is C15H19ClN4O. The molecule has 0 fully saturated rings. The zero-order chi connectivity index (χ0) is 15.4. The van der Waals surface area contributed by atoms with E-state index in [1.807, 2.05) is 37.8 Å². The number of rotatable bonds is 5. The summed E-state index contributed by atoms with van der Waals surface area (Å²) in [5.41, 5.74) is 1.29. The van der Waals surface area contributed by atoms with Gasteiger partial charge in [-0.25, -0.2) is 14.3 Å². The van der Waals surface area contributed by atoms with Crippen molar-refractivity contribution in [3.05, 3.63) is 45.6 Å². The van der Waals surface area contributed by atoms with Crippen LogP contribution in [-0.4, -0.2) is 27.6 Å². The van der Waals surface area contributed by atoms with Crippen LogP contribution in [-0.2, 0) is 6.42 Å². The molecule has 0 amide bonds. The predicted molar refractivity (Wildman–Crippen MR) is 85.6 cm³/mol. The maximum atomic E-state index is 12.3.